The molecule has 5 nitrogen and oxygen atoms in total. The summed E-state index contributed by atoms with van der Waals surface area (Å²) < 4.78 is 5.18. The van der Waals surface area contributed by atoms with Crippen LogP contribution in [0.2, 0.25) is 0 Å². The van der Waals surface area contributed by atoms with Crippen molar-refractivity contribution in [1.82, 2.24) is 0 Å². The van der Waals surface area contributed by atoms with E-state index in [1.807, 2.05) is 51.4 Å². The van der Waals surface area contributed by atoms with Gasteiger partial charge < -0.3 is 9.64 Å². The predicted molar refractivity (Wildman–Crippen MR) is 148 cm³/mol. The molecule has 0 aromatic heterocycles. The van der Waals surface area contributed by atoms with Crippen LogP contribution < -0.4 is 4.90 Å². The van der Waals surface area contributed by atoms with Crippen LogP contribution in [0.5, 0.6) is 0 Å². The van der Waals surface area contributed by atoms with Crippen molar-refractivity contribution in [2.24, 2.45) is 10.9 Å². The Balaban J connectivity index is 1.53. The van der Waals surface area contributed by atoms with Gasteiger partial charge >= 0.3 is 5.97 Å². The van der Waals surface area contributed by atoms with Crippen LogP contribution in [0.25, 0.3) is 11.1 Å². The van der Waals surface area contributed by atoms with Crippen LogP contribution in [0, 0.1) is 5.92 Å². The fourth-order valence-electron chi connectivity index (χ4n) is 5.65. The normalized spacial score (nSPS) is 21.2. The van der Waals surface area contributed by atoms with E-state index in [1.54, 1.807) is 0 Å². The summed E-state index contributed by atoms with van der Waals surface area (Å²) in [7, 11) is 5.42. The van der Waals surface area contributed by atoms with Crippen molar-refractivity contribution in [1.29, 1.82) is 0 Å². The van der Waals surface area contributed by atoms with Gasteiger partial charge in [-0.15, -0.1) is 0 Å². The zero-order valence-electron chi connectivity index (χ0n) is 21.8. The van der Waals surface area contributed by atoms with E-state index in [2.05, 4.69) is 53.4 Å². The van der Waals surface area contributed by atoms with Gasteiger partial charge in [0.25, 0.3) is 0 Å². The van der Waals surface area contributed by atoms with Gasteiger partial charge in [-0.25, -0.2) is 0 Å². The molecule has 0 radical (unpaired) electrons. The van der Waals surface area contributed by atoms with Crippen molar-refractivity contribution in [3.8, 4) is 11.1 Å². The molecule has 2 aliphatic rings. The number of esters is 1. The molecule has 3 atom stereocenters. The van der Waals surface area contributed by atoms with Gasteiger partial charge in [-0.05, 0) is 53.6 Å². The molecule has 1 heterocycles. The Morgan fingerprint density at radius 3 is 2.11 bits per heavy atom. The van der Waals surface area contributed by atoms with E-state index in [0.29, 0.717) is 24.1 Å². The Morgan fingerprint density at radius 2 is 1.49 bits per heavy atom. The van der Waals surface area contributed by atoms with Crippen LogP contribution in [-0.4, -0.2) is 38.7 Å². The van der Waals surface area contributed by atoms with E-state index < -0.39 is 11.8 Å². The van der Waals surface area contributed by atoms with Gasteiger partial charge in [0, 0.05) is 49.1 Å². The molecule has 0 bridgehead atoms. The summed E-state index contributed by atoms with van der Waals surface area (Å²) in [6.45, 7) is 1.87. The smallest absolute Gasteiger partial charge is 0.315 e. The minimum absolute atomic E-state index is 0.0604. The van der Waals surface area contributed by atoms with Gasteiger partial charge in [-0.3, -0.25) is 14.6 Å². The number of benzene rings is 3. The van der Waals surface area contributed by atoms with E-state index in [1.165, 1.54) is 7.11 Å². The van der Waals surface area contributed by atoms with E-state index >= 15 is 0 Å². The molecule has 0 amide bonds. The van der Waals surface area contributed by atoms with Crippen LogP contribution in [0.3, 0.4) is 0 Å². The van der Waals surface area contributed by atoms with Crippen molar-refractivity contribution in [3.63, 3.8) is 0 Å². The number of allylic oxidation sites excluding steroid dienone is 2. The molecule has 1 aliphatic heterocycles. The van der Waals surface area contributed by atoms with Gasteiger partial charge in [0.2, 0.25) is 0 Å². The second-order valence-corrected chi connectivity index (χ2v) is 10.1. The fraction of sp³-hybridized carbons (Fsp3) is 0.281. The highest BCUT2D eigenvalue weighted by Gasteiger charge is 2.44. The summed E-state index contributed by atoms with van der Waals surface area (Å²) in [5.41, 5.74) is 7.55. The number of hydrogen-bond acceptors (Lipinski definition) is 5. The highest BCUT2D eigenvalue weighted by atomic mass is 16.5. The van der Waals surface area contributed by atoms with Crippen molar-refractivity contribution < 1.29 is 14.3 Å². The van der Waals surface area contributed by atoms with E-state index in [0.717, 1.165) is 33.6 Å². The lowest BCUT2D eigenvalue weighted by Gasteiger charge is -2.36. The molecule has 188 valence electrons. The van der Waals surface area contributed by atoms with Crippen LogP contribution in [-0.2, 0) is 14.3 Å². The number of hydrogen-bond donors (Lipinski definition) is 0. The number of Topliss-reactive ketones (excluding diaryl/α,β-unsaturated/α-hetero) is 1. The molecule has 0 saturated carbocycles. The summed E-state index contributed by atoms with van der Waals surface area (Å²) in [6, 6.07) is 26.7. The third-order valence-corrected chi connectivity index (χ3v) is 7.60. The molecule has 3 aromatic carbocycles. The standard InChI is InChI=1S/C32H32N2O3/c1-20-29(32(36)37-4)30(24-12-10-22(11-13-24)21-8-6-5-7-9-21)31-27(33-20)18-25(19-28(31)35)23-14-16-26(17-15-23)34(2)3/h5-17,25,29-30H,18-19H2,1-4H3. The number of carbonyl (C=O) groups is 2. The molecule has 5 heteroatoms. The van der Waals surface area contributed by atoms with Gasteiger partial charge in [0.1, 0.15) is 5.92 Å². The van der Waals surface area contributed by atoms with Crippen LogP contribution in [0.1, 0.15) is 42.7 Å². The molecule has 0 spiro atoms. The molecular weight excluding hydrogens is 460 g/mol. The lowest BCUT2D eigenvalue weighted by molar-refractivity contribution is -0.143. The predicted octanol–water partition coefficient (Wildman–Crippen LogP) is 6.17. The SMILES string of the molecule is COC(=O)C1C(C)=NC2=C(C(=O)CC(c3ccc(N(C)C)cc3)C2)C1c1ccc(-c2ccccc2)cc1. The van der Waals surface area contributed by atoms with Crippen LogP contribution in [0.15, 0.2) is 95.1 Å². The average Bonchev–Trinajstić information content (AvgIpc) is 2.92. The maximum atomic E-state index is 13.7. The largest absolute Gasteiger partial charge is 0.468 e. The Kier molecular flexibility index (Phi) is 6.79. The number of ketones is 1. The number of nitrogens with zero attached hydrogens (tertiary/aromatic N) is 2. The highest BCUT2D eigenvalue weighted by molar-refractivity contribution is 6.09. The fourth-order valence-corrected chi connectivity index (χ4v) is 5.65. The Bertz CT molecular complexity index is 1370. The Hall–Kier alpha value is -3.99. The summed E-state index contributed by atoms with van der Waals surface area (Å²) in [6.07, 6.45) is 1.08. The highest BCUT2D eigenvalue weighted by Crippen LogP contribution is 2.47. The quantitative estimate of drug-likeness (QED) is 0.400. The third kappa shape index (κ3) is 4.74. The number of aliphatic imine (C=N–C) groups is 1. The Morgan fingerprint density at radius 1 is 0.865 bits per heavy atom. The molecule has 37 heavy (non-hydrogen) atoms. The van der Waals surface area contributed by atoms with E-state index in [-0.39, 0.29) is 17.7 Å². The number of carbonyl (C=O) groups excluding carboxylic acids is 2. The Labute approximate surface area is 218 Å². The molecule has 3 aromatic rings. The van der Waals surface area contributed by atoms with Gasteiger partial charge in [-0.1, -0.05) is 66.7 Å². The number of anilines is 1. The topological polar surface area (TPSA) is 59.0 Å². The first-order chi connectivity index (χ1) is 17.9. The molecule has 3 unspecified atom stereocenters. The zero-order valence-corrected chi connectivity index (χ0v) is 21.8. The maximum absolute atomic E-state index is 13.7. The molecule has 1 aliphatic carbocycles. The summed E-state index contributed by atoms with van der Waals surface area (Å²) in [5, 5.41) is 0. The van der Waals surface area contributed by atoms with Crippen molar-refractivity contribution >= 4 is 23.2 Å². The number of methoxy groups -OCH3 is 1. The van der Waals surface area contributed by atoms with Gasteiger partial charge in [-0.2, -0.15) is 0 Å². The van der Waals surface area contributed by atoms with Crippen LogP contribution in [0.4, 0.5) is 5.69 Å². The zero-order chi connectivity index (χ0) is 26.1. The van der Waals surface area contributed by atoms with Crippen molar-refractivity contribution in [3.05, 3.63) is 101 Å². The molecule has 0 N–H and O–H groups in total. The minimum Gasteiger partial charge on any atom is -0.468 e. The molecule has 5 rings (SSSR count). The first-order valence-corrected chi connectivity index (χ1v) is 12.7. The first kappa shape index (κ1) is 24.7. The lowest BCUT2D eigenvalue weighted by atomic mass is 9.69. The lowest BCUT2D eigenvalue weighted by Crippen LogP contribution is -2.37. The van der Waals surface area contributed by atoms with Crippen molar-refractivity contribution in [2.75, 3.05) is 26.1 Å². The second kappa shape index (κ2) is 10.2. The summed E-state index contributed by atoms with van der Waals surface area (Å²) >= 11 is 0. The van der Waals surface area contributed by atoms with Gasteiger partial charge in [0.05, 0.1) is 7.11 Å². The first-order valence-electron chi connectivity index (χ1n) is 12.7. The number of rotatable bonds is 5. The van der Waals surface area contributed by atoms with E-state index in [9.17, 15) is 9.59 Å². The summed E-state index contributed by atoms with van der Waals surface area (Å²) in [4.78, 5) is 33.6. The van der Waals surface area contributed by atoms with Gasteiger partial charge in [0.15, 0.2) is 5.78 Å². The maximum Gasteiger partial charge on any atom is 0.315 e. The molecular formula is C32H32N2O3. The summed E-state index contributed by atoms with van der Waals surface area (Å²) in [5.74, 6) is -1.26. The van der Waals surface area contributed by atoms with Crippen molar-refractivity contribution in [2.45, 2.75) is 31.6 Å². The average molecular weight is 493 g/mol. The van der Waals surface area contributed by atoms with E-state index in [4.69, 9.17) is 9.73 Å². The monoisotopic (exact) mass is 492 g/mol. The van der Waals surface area contributed by atoms with Crippen LogP contribution >= 0.6 is 0 Å². The third-order valence-electron chi connectivity index (χ3n) is 7.60. The number of ether oxygens (including phenoxy) is 1. The molecule has 0 saturated heterocycles. The minimum atomic E-state index is -0.619. The second-order valence-electron chi connectivity index (χ2n) is 10.1. The molecule has 0 fully saturated rings.